The number of halogens is 1. The molecule has 0 aliphatic heterocycles. The highest BCUT2D eigenvalue weighted by molar-refractivity contribution is 5.38. The molecule has 0 saturated heterocycles. The molecule has 0 fully saturated rings. The van der Waals surface area contributed by atoms with E-state index in [0.29, 0.717) is 6.04 Å². The van der Waals surface area contributed by atoms with Crippen molar-refractivity contribution in [2.24, 2.45) is 0 Å². The zero-order chi connectivity index (χ0) is 14.4. The van der Waals surface area contributed by atoms with E-state index in [9.17, 15) is 0 Å². The van der Waals surface area contributed by atoms with E-state index >= 15 is 0 Å². The quantitative estimate of drug-likeness (QED) is 0.676. The molecule has 0 aromatic heterocycles. The van der Waals surface area contributed by atoms with E-state index in [2.05, 4.69) is 67.8 Å². The molecular weight excluding hydrogens is 373 g/mol. The Kier molecular flexibility index (Phi) is 7.75. The summed E-state index contributed by atoms with van der Waals surface area (Å²) in [6, 6.07) is 17.5. The Morgan fingerprint density at radius 2 is 1.81 bits per heavy atom. The Morgan fingerprint density at radius 3 is 2.43 bits per heavy atom. The van der Waals surface area contributed by atoms with E-state index < -0.39 is 0 Å². The molecule has 114 valence electrons. The highest BCUT2D eigenvalue weighted by Crippen LogP contribution is 2.26. The van der Waals surface area contributed by atoms with Crippen LogP contribution in [0.4, 0.5) is 0 Å². The summed E-state index contributed by atoms with van der Waals surface area (Å²) in [5.74, 6) is 0.992. The van der Waals surface area contributed by atoms with Crippen molar-refractivity contribution in [3.63, 3.8) is 0 Å². The number of methoxy groups -OCH3 is 1. The highest BCUT2D eigenvalue weighted by Gasteiger charge is 2.17. The Bertz CT molecular complexity index is 542. The maximum absolute atomic E-state index is 5.52. The molecular formula is C18H24INO. The van der Waals surface area contributed by atoms with Crippen LogP contribution >= 0.6 is 0 Å². The third kappa shape index (κ3) is 5.00. The Morgan fingerprint density at radius 1 is 1.10 bits per heavy atom. The van der Waals surface area contributed by atoms with Crippen molar-refractivity contribution < 1.29 is 34.0 Å². The zero-order valence-electron chi connectivity index (χ0n) is 13.0. The Balaban J connectivity index is 0.00000220. The van der Waals surface area contributed by atoms with Crippen LogP contribution in [0.15, 0.2) is 48.5 Å². The summed E-state index contributed by atoms with van der Waals surface area (Å²) < 4.78 is 5.52. The van der Waals surface area contributed by atoms with Crippen LogP contribution in [0.25, 0.3) is 0 Å². The third-order valence-electron chi connectivity index (χ3n) is 3.77. The molecule has 0 amide bonds. The normalized spacial score (nSPS) is 11.6. The Labute approximate surface area is 144 Å². The number of hydrogen-bond donors (Lipinski definition) is 1. The molecule has 0 bridgehead atoms. The minimum atomic E-state index is 0. The molecule has 2 nitrogen and oxygen atoms in total. The van der Waals surface area contributed by atoms with Gasteiger partial charge in [0.15, 0.2) is 0 Å². The number of nitrogens with two attached hydrogens (primary N) is 1. The summed E-state index contributed by atoms with van der Waals surface area (Å²) >= 11 is 0. The van der Waals surface area contributed by atoms with Crippen molar-refractivity contribution in [1.29, 1.82) is 0 Å². The van der Waals surface area contributed by atoms with Gasteiger partial charge >= 0.3 is 0 Å². The van der Waals surface area contributed by atoms with Crippen molar-refractivity contribution in [3.8, 4) is 5.75 Å². The van der Waals surface area contributed by atoms with Crippen LogP contribution in [0, 0.1) is 6.92 Å². The summed E-state index contributed by atoms with van der Waals surface area (Å²) in [6.45, 7) is 2.13. The van der Waals surface area contributed by atoms with Crippen LogP contribution in [0.3, 0.4) is 0 Å². The van der Waals surface area contributed by atoms with Gasteiger partial charge in [-0.05, 0) is 31.0 Å². The van der Waals surface area contributed by atoms with Crippen LogP contribution in [-0.4, -0.2) is 14.2 Å². The smallest absolute Gasteiger partial charge is 0.128 e. The molecule has 1 atom stereocenters. The van der Waals surface area contributed by atoms with Gasteiger partial charge < -0.3 is 34.0 Å². The predicted molar refractivity (Wildman–Crippen MR) is 83.1 cm³/mol. The standard InChI is InChI=1S/C18H23NO.HI/c1-14-9-12-18(20-3)16(13-14)17(19-2)11-10-15-7-5-4-6-8-15;/h4-9,12-13,17,19H,10-11H2,1-3H3;1H. The molecule has 0 spiro atoms. The fourth-order valence-electron chi connectivity index (χ4n) is 2.61. The fourth-order valence-corrected chi connectivity index (χ4v) is 2.61. The summed E-state index contributed by atoms with van der Waals surface area (Å²) in [4.78, 5) is 0. The molecule has 0 aliphatic carbocycles. The van der Waals surface area contributed by atoms with Gasteiger partial charge in [0.05, 0.1) is 19.7 Å². The molecule has 2 aromatic carbocycles. The maximum Gasteiger partial charge on any atom is 0.128 e. The first-order valence-corrected chi connectivity index (χ1v) is 7.22. The second-order valence-electron chi connectivity index (χ2n) is 5.21. The highest BCUT2D eigenvalue weighted by atomic mass is 127. The van der Waals surface area contributed by atoms with Gasteiger partial charge in [0.2, 0.25) is 0 Å². The number of benzene rings is 2. The lowest BCUT2D eigenvalue weighted by atomic mass is 9.97. The lowest BCUT2D eigenvalue weighted by Crippen LogP contribution is -3.00. The van der Waals surface area contributed by atoms with Crippen molar-refractivity contribution in [2.45, 2.75) is 25.8 Å². The van der Waals surface area contributed by atoms with Crippen molar-refractivity contribution in [1.82, 2.24) is 0 Å². The molecule has 0 saturated carbocycles. The molecule has 2 rings (SSSR count). The topological polar surface area (TPSA) is 25.8 Å². The van der Waals surface area contributed by atoms with E-state index in [1.165, 1.54) is 16.7 Å². The van der Waals surface area contributed by atoms with Crippen LogP contribution in [0.1, 0.15) is 29.2 Å². The number of ether oxygens (including phenoxy) is 1. The van der Waals surface area contributed by atoms with Gasteiger partial charge in [-0.25, -0.2) is 0 Å². The SMILES string of the molecule is C[NH2+]C(CCc1ccccc1)c1cc(C)ccc1OC.[I-]. The largest absolute Gasteiger partial charge is 1.00 e. The van der Waals surface area contributed by atoms with Crippen LogP contribution in [-0.2, 0) is 6.42 Å². The lowest BCUT2D eigenvalue weighted by Gasteiger charge is -2.17. The van der Waals surface area contributed by atoms with Crippen molar-refractivity contribution in [3.05, 3.63) is 65.2 Å². The number of hydrogen-bond acceptors (Lipinski definition) is 1. The minimum absolute atomic E-state index is 0. The van der Waals surface area contributed by atoms with E-state index in [-0.39, 0.29) is 24.0 Å². The van der Waals surface area contributed by atoms with Gasteiger partial charge in [0.25, 0.3) is 0 Å². The zero-order valence-corrected chi connectivity index (χ0v) is 15.1. The number of rotatable bonds is 6. The maximum atomic E-state index is 5.52. The summed E-state index contributed by atoms with van der Waals surface area (Å²) in [7, 11) is 3.88. The van der Waals surface area contributed by atoms with Gasteiger partial charge in [0, 0.05) is 6.42 Å². The van der Waals surface area contributed by atoms with Gasteiger partial charge in [-0.1, -0.05) is 42.0 Å². The van der Waals surface area contributed by atoms with E-state index in [4.69, 9.17) is 4.74 Å². The Hall–Kier alpha value is -1.07. The number of aryl methyl sites for hydroxylation is 2. The van der Waals surface area contributed by atoms with Gasteiger partial charge in [-0.3, -0.25) is 0 Å². The predicted octanol–water partition coefficient (Wildman–Crippen LogP) is -0.125. The van der Waals surface area contributed by atoms with Gasteiger partial charge in [-0.2, -0.15) is 0 Å². The van der Waals surface area contributed by atoms with Crippen LogP contribution in [0.5, 0.6) is 5.75 Å². The van der Waals surface area contributed by atoms with E-state index in [1.54, 1.807) is 7.11 Å². The molecule has 0 aliphatic rings. The molecule has 3 heteroatoms. The number of quaternary nitrogens is 1. The van der Waals surface area contributed by atoms with Crippen molar-refractivity contribution in [2.75, 3.05) is 14.2 Å². The van der Waals surface area contributed by atoms with E-state index in [0.717, 1.165) is 18.6 Å². The molecule has 21 heavy (non-hydrogen) atoms. The minimum Gasteiger partial charge on any atom is -1.00 e. The molecule has 2 aromatic rings. The average Bonchev–Trinajstić information content (AvgIpc) is 2.49. The summed E-state index contributed by atoms with van der Waals surface area (Å²) in [6.07, 6.45) is 2.20. The van der Waals surface area contributed by atoms with E-state index in [1.807, 2.05) is 0 Å². The molecule has 0 heterocycles. The first kappa shape index (κ1) is 18.0. The molecule has 2 N–H and O–H groups in total. The van der Waals surface area contributed by atoms with Gasteiger partial charge in [0.1, 0.15) is 11.8 Å². The fraction of sp³-hybridized carbons (Fsp3) is 0.333. The first-order chi connectivity index (χ1) is 9.74. The summed E-state index contributed by atoms with van der Waals surface area (Å²) in [5.41, 5.74) is 3.98. The average molecular weight is 397 g/mol. The monoisotopic (exact) mass is 397 g/mol. The first-order valence-electron chi connectivity index (χ1n) is 7.22. The second kappa shape index (κ2) is 9.05. The summed E-state index contributed by atoms with van der Waals surface area (Å²) in [5, 5.41) is 2.28. The van der Waals surface area contributed by atoms with Crippen LogP contribution in [0.2, 0.25) is 0 Å². The van der Waals surface area contributed by atoms with Gasteiger partial charge in [-0.15, -0.1) is 0 Å². The molecule has 0 radical (unpaired) electrons. The molecule has 1 unspecified atom stereocenters. The van der Waals surface area contributed by atoms with Crippen LogP contribution < -0.4 is 34.0 Å². The third-order valence-corrected chi connectivity index (χ3v) is 3.77. The lowest BCUT2D eigenvalue weighted by molar-refractivity contribution is -0.671. The second-order valence-corrected chi connectivity index (χ2v) is 5.21. The van der Waals surface area contributed by atoms with Crippen molar-refractivity contribution >= 4 is 0 Å².